The van der Waals surface area contributed by atoms with Crippen LogP contribution in [0.2, 0.25) is 0 Å². The molecule has 2 atom stereocenters. The molecule has 8 nitrogen and oxygen atoms in total. The molecule has 1 saturated heterocycles. The summed E-state index contributed by atoms with van der Waals surface area (Å²) in [6.45, 7) is 0.479. The predicted octanol–water partition coefficient (Wildman–Crippen LogP) is 3.30. The van der Waals surface area contributed by atoms with Gasteiger partial charge in [-0.15, -0.1) is 0 Å². The van der Waals surface area contributed by atoms with Crippen LogP contribution in [-0.4, -0.2) is 46.0 Å². The number of esters is 1. The first kappa shape index (κ1) is 19.6. The van der Waals surface area contributed by atoms with Crippen molar-refractivity contribution in [1.82, 2.24) is 9.47 Å². The maximum absolute atomic E-state index is 13.7. The Kier molecular flexibility index (Phi) is 5.22. The number of hydrogen-bond acceptors (Lipinski definition) is 5. The molecule has 0 bridgehead atoms. The second-order valence-corrected chi connectivity index (χ2v) is 7.25. The number of hydrogen-bond donors (Lipinski definition) is 0. The average molecular weight is 407 g/mol. The van der Waals surface area contributed by atoms with Gasteiger partial charge in [-0.1, -0.05) is 30.3 Å². The number of carbonyl (C=O) groups excluding carboxylic acids is 2. The number of fused-ring (bicyclic) bond motifs is 1. The summed E-state index contributed by atoms with van der Waals surface area (Å²) >= 11 is 0. The monoisotopic (exact) mass is 407 g/mol. The number of nitrogens with zero attached hydrogens (tertiary/aromatic N) is 3. The third-order valence-electron chi connectivity index (χ3n) is 5.55. The summed E-state index contributed by atoms with van der Waals surface area (Å²) in [5.41, 5.74) is 1.47. The van der Waals surface area contributed by atoms with Crippen molar-refractivity contribution in [2.24, 2.45) is 0 Å². The molecule has 154 valence electrons. The van der Waals surface area contributed by atoms with Gasteiger partial charge in [0.1, 0.15) is 12.1 Å². The van der Waals surface area contributed by atoms with Gasteiger partial charge in [0, 0.05) is 35.8 Å². The second kappa shape index (κ2) is 7.98. The standard InChI is InChI=1S/C22H21N3O5/c1-30-22(27)19-8-5-12-24(19)21(26)20(15-6-3-2-4-7-15)23-13-11-16-14-17(25(28)29)9-10-18(16)23/h2-4,6-7,9-11,13-14,19-20H,5,8,12H2,1H3. The Balaban J connectivity index is 1.80. The summed E-state index contributed by atoms with van der Waals surface area (Å²) in [6.07, 6.45) is 3.05. The first-order valence-electron chi connectivity index (χ1n) is 9.69. The van der Waals surface area contributed by atoms with Crippen molar-refractivity contribution in [3.8, 4) is 0 Å². The molecule has 2 heterocycles. The van der Waals surface area contributed by atoms with Gasteiger partial charge >= 0.3 is 5.97 Å². The lowest BCUT2D eigenvalue weighted by molar-refractivity contribution is -0.384. The molecular formula is C22H21N3O5. The normalized spacial score (nSPS) is 17.1. The third kappa shape index (κ3) is 3.41. The molecule has 2 aromatic carbocycles. The van der Waals surface area contributed by atoms with Crippen molar-refractivity contribution in [1.29, 1.82) is 0 Å². The molecule has 1 aromatic heterocycles. The SMILES string of the molecule is COC(=O)C1CCCN1C(=O)C(c1ccccc1)n1ccc2cc([N+](=O)[O-])ccc21. The summed E-state index contributed by atoms with van der Waals surface area (Å²) < 4.78 is 6.70. The number of rotatable bonds is 5. The number of benzene rings is 2. The van der Waals surface area contributed by atoms with E-state index < -0.39 is 23.0 Å². The molecule has 3 aromatic rings. The summed E-state index contributed by atoms with van der Waals surface area (Å²) in [4.78, 5) is 38.1. The highest BCUT2D eigenvalue weighted by atomic mass is 16.6. The zero-order chi connectivity index (χ0) is 21.3. The van der Waals surface area contributed by atoms with Crippen molar-refractivity contribution in [3.63, 3.8) is 0 Å². The maximum atomic E-state index is 13.7. The lowest BCUT2D eigenvalue weighted by atomic mass is 10.0. The van der Waals surface area contributed by atoms with E-state index in [0.717, 1.165) is 12.0 Å². The molecule has 30 heavy (non-hydrogen) atoms. The van der Waals surface area contributed by atoms with Crippen LogP contribution in [0.25, 0.3) is 10.9 Å². The van der Waals surface area contributed by atoms with Crippen LogP contribution < -0.4 is 0 Å². The van der Waals surface area contributed by atoms with Gasteiger partial charge in [0.05, 0.1) is 12.0 Å². The number of aromatic nitrogens is 1. The number of nitro groups is 1. The van der Waals surface area contributed by atoms with Crippen molar-refractivity contribution in [3.05, 3.63) is 76.5 Å². The van der Waals surface area contributed by atoms with E-state index in [1.165, 1.54) is 19.2 Å². The lowest BCUT2D eigenvalue weighted by Gasteiger charge is -2.29. The van der Waals surface area contributed by atoms with E-state index in [0.29, 0.717) is 23.9 Å². The molecular weight excluding hydrogens is 386 g/mol. The molecule has 1 amide bonds. The minimum atomic E-state index is -0.699. The Morgan fingerprint density at radius 3 is 2.63 bits per heavy atom. The van der Waals surface area contributed by atoms with Crippen LogP contribution in [0.5, 0.6) is 0 Å². The number of likely N-dealkylation sites (tertiary alicyclic amines) is 1. The van der Waals surface area contributed by atoms with E-state index in [9.17, 15) is 19.7 Å². The highest BCUT2D eigenvalue weighted by Gasteiger charge is 2.39. The fraction of sp³-hybridized carbons (Fsp3) is 0.273. The lowest BCUT2D eigenvalue weighted by Crippen LogP contribution is -2.44. The van der Waals surface area contributed by atoms with Crippen LogP contribution in [0, 0.1) is 10.1 Å². The molecule has 1 fully saturated rings. The number of amides is 1. The fourth-order valence-corrected chi connectivity index (χ4v) is 4.12. The zero-order valence-corrected chi connectivity index (χ0v) is 16.4. The van der Waals surface area contributed by atoms with Crippen LogP contribution in [-0.2, 0) is 14.3 Å². The van der Waals surface area contributed by atoms with E-state index in [1.54, 1.807) is 23.2 Å². The summed E-state index contributed by atoms with van der Waals surface area (Å²) in [5, 5.41) is 11.8. The second-order valence-electron chi connectivity index (χ2n) is 7.25. The number of methoxy groups -OCH3 is 1. The topological polar surface area (TPSA) is 94.7 Å². The van der Waals surface area contributed by atoms with Gasteiger partial charge in [0.25, 0.3) is 11.6 Å². The van der Waals surface area contributed by atoms with Crippen LogP contribution in [0.4, 0.5) is 5.69 Å². The van der Waals surface area contributed by atoms with E-state index >= 15 is 0 Å². The minimum Gasteiger partial charge on any atom is -0.467 e. The molecule has 1 aliphatic heterocycles. The minimum absolute atomic E-state index is 0.00636. The Morgan fingerprint density at radius 2 is 1.93 bits per heavy atom. The number of ether oxygens (including phenoxy) is 1. The van der Waals surface area contributed by atoms with Crippen molar-refractivity contribution in [2.45, 2.75) is 24.9 Å². The summed E-state index contributed by atoms with van der Waals surface area (Å²) in [5.74, 6) is -0.620. The average Bonchev–Trinajstić information content (AvgIpc) is 3.41. The smallest absolute Gasteiger partial charge is 0.328 e. The van der Waals surface area contributed by atoms with Crippen molar-refractivity contribution >= 4 is 28.5 Å². The van der Waals surface area contributed by atoms with Crippen molar-refractivity contribution < 1.29 is 19.2 Å². The van der Waals surface area contributed by atoms with Gasteiger partial charge in [-0.2, -0.15) is 0 Å². The van der Waals surface area contributed by atoms with Crippen molar-refractivity contribution in [2.75, 3.05) is 13.7 Å². The maximum Gasteiger partial charge on any atom is 0.328 e. The Hall–Kier alpha value is -3.68. The molecule has 2 unspecified atom stereocenters. The quantitative estimate of drug-likeness (QED) is 0.367. The van der Waals surface area contributed by atoms with E-state index in [-0.39, 0.29) is 11.6 Å². The van der Waals surface area contributed by atoms with Crippen LogP contribution in [0.3, 0.4) is 0 Å². The molecule has 8 heteroatoms. The highest BCUT2D eigenvalue weighted by Crippen LogP contribution is 2.31. The molecule has 0 aliphatic carbocycles. The molecule has 0 radical (unpaired) electrons. The Bertz CT molecular complexity index is 1110. The molecule has 4 rings (SSSR count). The van der Waals surface area contributed by atoms with Gasteiger partial charge in [-0.05, 0) is 30.5 Å². The van der Waals surface area contributed by atoms with E-state index in [1.807, 2.05) is 34.9 Å². The van der Waals surface area contributed by atoms with E-state index in [2.05, 4.69) is 0 Å². The Labute approximate surface area is 172 Å². The first-order chi connectivity index (χ1) is 14.5. The van der Waals surface area contributed by atoms with Gasteiger partial charge in [0.2, 0.25) is 0 Å². The molecule has 0 saturated carbocycles. The third-order valence-corrected chi connectivity index (χ3v) is 5.55. The van der Waals surface area contributed by atoms with Gasteiger partial charge in [0.15, 0.2) is 0 Å². The van der Waals surface area contributed by atoms with Gasteiger partial charge < -0.3 is 14.2 Å². The van der Waals surface area contributed by atoms with Crippen LogP contribution in [0.15, 0.2) is 60.8 Å². The molecule has 0 N–H and O–H groups in total. The number of non-ortho nitro benzene ring substituents is 1. The largest absolute Gasteiger partial charge is 0.467 e. The zero-order valence-electron chi connectivity index (χ0n) is 16.4. The highest BCUT2D eigenvalue weighted by molar-refractivity contribution is 5.91. The fourth-order valence-electron chi connectivity index (χ4n) is 4.12. The van der Waals surface area contributed by atoms with Crippen LogP contribution in [0.1, 0.15) is 24.4 Å². The summed E-state index contributed by atoms with van der Waals surface area (Å²) in [6, 6.07) is 14.3. The first-order valence-corrected chi connectivity index (χ1v) is 9.69. The predicted molar refractivity (Wildman–Crippen MR) is 110 cm³/mol. The molecule has 1 aliphatic rings. The van der Waals surface area contributed by atoms with Gasteiger partial charge in [-0.25, -0.2) is 4.79 Å². The van der Waals surface area contributed by atoms with Gasteiger partial charge in [-0.3, -0.25) is 14.9 Å². The molecule has 0 spiro atoms. The van der Waals surface area contributed by atoms with Crippen LogP contribution >= 0.6 is 0 Å². The Morgan fingerprint density at radius 1 is 1.17 bits per heavy atom. The number of nitro benzene ring substituents is 1. The summed E-state index contributed by atoms with van der Waals surface area (Å²) in [7, 11) is 1.32. The van der Waals surface area contributed by atoms with E-state index in [4.69, 9.17) is 4.74 Å². The number of carbonyl (C=O) groups is 2.